The fourth-order valence-electron chi connectivity index (χ4n) is 4.24. The van der Waals surface area contributed by atoms with Crippen molar-refractivity contribution in [3.8, 4) is 11.5 Å². The Hall–Kier alpha value is -4.36. The average Bonchev–Trinajstić information content (AvgIpc) is 3.28. The summed E-state index contributed by atoms with van der Waals surface area (Å²) < 4.78 is 10.6. The Morgan fingerprint density at radius 1 is 1.17 bits per heavy atom. The van der Waals surface area contributed by atoms with Crippen molar-refractivity contribution < 1.29 is 43.3 Å². The van der Waals surface area contributed by atoms with E-state index in [0.29, 0.717) is 29.8 Å². The van der Waals surface area contributed by atoms with E-state index in [1.165, 1.54) is 0 Å². The van der Waals surface area contributed by atoms with Crippen molar-refractivity contribution in [1.82, 2.24) is 25.8 Å². The molecule has 2 atom stereocenters. The molecule has 14 nitrogen and oxygen atoms in total. The van der Waals surface area contributed by atoms with Crippen LogP contribution in [0.15, 0.2) is 18.2 Å². The van der Waals surface area contributed by atoms with Crippen LogP contribution in [0.5, 0.6) is 11.5 Å². The minimum Gasteiger partial charge on any atom is -0.481 e. The minimum absolute atomic E-state index is 0.0851. The predicted octanol–water partition coefficient (Wildman–Crippen LogP) is -0.819. The molecule has 0 bridgehead atoms. The third-order valence-corrected chi connectivity index (χ3v) is 5.92. The number of carboxylic acids is 1. The minimum atomic E-state index is -1.29. The van der Waals surface area contributed by atoms with Crippen molar-refractivity contribution in [3.05, 3.63) is 23.8 Å². The average molecular weight is 503 g/mol. The van der Waals surface area contributed by atoms with Gasteiger partial charge in [0.15, 0.2) is 11.5 Å². The van der Waals surface area contributed by atoms with Crippen LogP contribution in [-0.4, -0.2) is 88.1 Å². The molecule has 0 saturated carbocycles. The standard InChI is InChI=1S/C22H25N5O9/c28-11-14(10-20(31)32)23-21(33)15-2-1-6-26-19(30)5-7-25(22(34)27(15)26)24-18(29)9-13-3-4-16-17(8-13)36-12-35-16/h3-4,8,11,14-15H,1-2,5-7,9-10,12H2,(H,23,33)(H,24,29)(H,31,32). The van der Waals surface area contributed by atoms with Crippen molar-refractivity contribution in [3.63, 3.8) is 0 Å². The third-order valence-electron chi connectivity index (χ3n) is 5.92. The van der Waals surface area contributed by atoms with Crippen molar-refractivity contribution in [2.45, 2.75) is 44.2 Å². The monoisotopic (exact) mass is 503 g/mol. The molecule has 5 amide bonds. The molecule has 1 aromatic carbocycles. The number of hydrogen-bond acceptors (Lipinski definition) is 8. The first-order valence-electron chi connectivity index (χ1n) is 11.3. The lowest BCUT2D eigenvalue weighted by Crippen LogP contribution is -2.64. The maximum Gasteiger partial charge on any atom is 0.358 e. The van der Waals surface area contributed by atoms with Crippen LogP contribution in [0.2, 0.25) is 0 Å². The lowest BCUT2D eigenvalue weighted by atomic mass is 10.1. The number of hydrazine groups is 2. The van der Waals surface area contributed by atoms with E-state index >= 15 is 0 Å². The molecular formula is C22H25N5O9. The molecule has 1 aromatic rings. The van der Waals surface area contributed by atoms with Gasteiger partial charge < -0.3 is 24.7 Å². The second kappa shape index (κ2) is 10.5. The Kier molecular flexibility index (Phi) is 7.22. The highest BCUT2D eigenvalue weighted by molar-refractivity contribution is 5.93. The van der Waals surface area contributed by atoms with Crippen LogP contribution in [0.1, 0.15) is 31.2 Å². The Labute approximate surface area is 205 Å². The summed E-state index contributed by atoms with van der Waals surface area (Å²) >= 11 is 0. The second-order valence-electron chi connectivity index (χ2n) is 8.45. The molecule has 14 heteroatoms. The number of carbonyl (C=O) groups excluding carboxylic acids is 5. The summed E-state index contributed by atoms with van der Waals surface area (Å²) in [6.07, 6.45) is 0.0913. The van der Waals surface area contributed by atoms with E-state index in [0.717, 1.165) is 15.0 Å². The van der Waals surface area contributed by atoms with E-state index in [-0.39, 0.29) is 39.1 Å². The zero-order chi connectivity index (χ0) is 25.8. The summed E-state index contributed by atoms with van der Waals surface area (Å²) in [6, 6.07) is 1.77. The smallest absolute Gasteiger partial charge is 0.358 e. The van der Waals surface area contributed by atoms with Crippen LogP contribution in [-0.2, 0) is 30.4 Å². The summed E-state index contributed by atoms with van der Waals surface area (Å²) in [5.41, 5.74) is 3.12. The number of benzene rings is 1. The molecule has 3 N–H and O–H groups in total. The van der Waals surface area contributed by atoms with Gasteiger partial charge >= 0.3 is 12.0 Å². The maximum atomic E-state index is 13.4. The molecule has 3 aliphatic heterocycles. The van der Waals surface area contributed by atoms with Gasteiger partial charge in [0, 0.05) is 13.0 Å². The first kappa shape index (κ1) is 24.8. The molecule has 4 rings (SSSR count). The topological polar surface area (TPSA) is 175 Å². The quantitative estimate of drug-likeness (QED) is 0.383. The van der Waals surface area contributed by atoms with E-state index in [4.69, 9.17) is 14.6 Å². The van der Waals surface area contributed by atoms with Crippen LogP contribution < -0.4 is 20.2 Å². The van der Waals surface area contributed by atoms with Crippen molar-refractivity contribution in [2.75, 3.05) is 19.9 Å². The van der Waals surface area contributed by atoms with Gasteiger partial charge in [-0.2, -0.15) is 0 Å². The molecule has 36 heavy (non-hydrogen) atoms. The summed E-state index contributed by atoms with van der Waals surface area (Å²) in [6.45, 7) is 0.174. The second-order valence-corrected chi connectivity index (χ2v) is 8.45. The highest BCUT2D eigenvalue weighted by atomic mass is 16.7. The van der Waals surface area contributed by atoms with Crippen LogP contribution in [0.4, 0.5) is 4.79 Å². The molecule has 0 spiro atoms. The van der Waals surface area contributed by atoms with Gasteiger partial charge in [0.2, 0.25) is 24.5 Å². The number of urea groups is 1. The van der Waals surface area contributed by atoms with Gasteiger partial charge in [-0.1, -0.05) is 6.07 Å². The van der Waals surface area contributed by atoms with Crippen molar-refractivity contribution >= 4 is 36.0 Å². The zero-order valence-electron chi connectivity index (χ0n) is 19.2. The zero-order valence-corrected chi connectivity index (χ0v) is 19.2. The van der Waals surface area contributed by atoms with E-state index in [1.54, 1.807) is 18.2 Å². The fraction of sp³-hybridized carbons (Fsp3) is 0.455. The molecule has 0 aromatic heterocycles. The molecule has 3 heterocycles. The Morgan fingerprint density at radius 3 is 2.69 bits per heavy atom. The largest absolute Gasteiger partial charge is 0.481 e. The summed E-state index contributed by atoms with van der Waals surface area (Å²) in [5.74, 6) is -1.92. The van der Waals surface area contributed by atoms with Crippen LogP contribution in [0.3, 0.4) is 0 Å². The number of carbonyl (C=O) groups is 6. The Morgan fingerprint density at radius 2 is 1.94 bits per heavy atom. The van der Waals surface area contributed by atoms with Gasteiger partial charge in [0.25, 0.3) is 0 Å². The Bertz CT molecular complexity index is 1090. The molecule has 2 unspecified atom stereocenters. The number of hydrogen-bond donors (Lipinski definition) is 3. The van der Waals surface area contributed by atoms with Gasteiger partial charge in [0.05, 0.1) is 25.4 Å². The SMILES string of the molecule is O=CC(CC(=O)O)NC(=O)C1CCCN2C(=O)CCN(NC(=O)Cc3ccc4c(c3)OCO4)C(=O)N12. The number of aliphatic carboxylic acids is 1. The summed E-state index contributed by atoms with van der Waals surface area (Å²) in [7, 11) is 0. The summed E-state index contributed by atoms with van der Waals surface area (Å²) in [4.78, 5) is 73.9. The Balaban J connectivity index is 1.47. The number of fused-ring (bicyclic) bond motifs is 2. The molecule has 192 valence electrons. The van der Waals surface area contributed by atoms with Crippen LogP contribution in [0, 0.1) is 0 Å². The van der Waals surface area contributed by atoms with Crippen molar-refractivity contribution in [1.29, 1.82) is 0 Å². The number of amides is 5. The normalized spacial score (nSPS) is 19.8. The first-order valence-corrected chi connectivity index (χ1v) is 11.3. The number of nitrogens with zero attached hydrogens (tertiary/aromatic N) is 3. The molecule has 0 aliphatic carbocycles. The highest BCUT2D eigenvalue weighted by Gasteiger charge is 2.44. The molecule has 0 radical (unpaired) electrons. The third kappa shape index (κ3) is 5.31. The van der Waals surface area contributed by atoms with E-state index < -0.39 is 48.2 Å². The fourth-order valence-corrected chi connectivity index (χ4v) is 4.24. The summed E-state index contributed by atoms with van der Waals surface area (Å²) in [5, 5.41) is 14.3. The maximum absolute atomic E-state index is 13.4. The number of carboxylic acid groups (broad SMARTS) is 1. The highest BCUT2D eigenvalue weighted by Crippen LogP contribution is 2.32. The van der Waals surface area contributed by atoms with Crippen LogP contribution in [0.25, 0.3) is 0 Å². The van der Waals surface area contributed by atoms with Crippen LogP contribution >= 0.6 is 0 Å². The van der Waals surface area contributed by atoms with Crippen molar-refractivity contribution in [2.24, 2.45) is 0 Å². The number of rotatable bonds is 8. The first-order chi connectivity index (χ1) is 17.3. The predicted molar refractivity (Wildman–Crippen MR) is 118 cm³/mol. The van der Waals surface area contributed by atoms with E-state index in [2.05, 4.69) is 10.7 Å². The number of ether oxygens (including phenoxy) is 2. The van der Waals surface area contributed by atoms with E-state index in [1.807, 2.05) is 0 Å². The van der Waals surface area contributed by atoms with Gasteiger partial charge in [0.1, 0.15) is 12.3 Å². The molecule has 3 aliphatic rings. The van der Waals surface area contributed by atoms with Gasteiger partial charge in [-0.05, 0) is 30.5 Å². The molecule has 2 saturated heterocycles. The molecular weight excluding hydrogens is 478 g/mol. The van der Waals surface area contributed by atoms with Gasteiger partial charge in [-0.3, -0.25) is 24.6 Å². The molecule has 2 fully saturated rings. The lowest BCUT2D eigenvalue weighted by molar-refractivity contribution is -0.155. The van der Waals surface area contributed by atoms with Gasteiger partial charge in [-0.15, -0.1) is 0 Å². The lowest BCUT2D eigenvalue weighted by Gasteiger charge is -2.42. The number of aldehydes is 1. The van der Waals surface area contributed by atoms with E-state index in [9.17, 15) is 28.8 Å². The number of nitrogens with one attached hydrogen (secondary N) is 2. The van der Waals surface area contributed by atoms with Gasteiger partial charge in [-0.25, -0.2) is 19.8 Å².